The molecule has 0 heterocycles. The van der Waals surface area contributed by atoms with Crippen molar-refractivity contribution in [3.8, 4) is 5.75 Å². The van der Waals surface area contributed by atoms with Gasteiger partial charge in [0, 0.05) is 20.6 Å². The standard InChI is InChI=1S/C19H28N2O4/c1-7-21(18(23)25-19(2,3)4)16-11-9-13-8-10-14(12-15(13)16)24-17(22)20(5)6/h8,10,12,16H,7,9,11H2,1-6H3. The molecule has 1 aromatic rings. The van der Waals surface area contributed by atoms with Gasteiger partial charge in [-0.3, -0.25) is 0 Å². The molecule has 0 saturated carbocycles. The van der Waals surface area contributed by atoms with Crippen molar-refractivity contribution in [2.24, 2.45) is 0 Å². The third-order valence-electron chi connectivity index (χ3n) is 4.08. The maximum Gasteiger partial charge on any atom is 0.414 e. The number of aryl methyl sites for hydroxylation is 1. The molecule has 0 bridgehead atoms. The summed E-state index contributed by atoms with van der Waals surface area (Å²) in [5.41, 5.74) is 1.67. The second-order valence-electron chi connectivity index (χ2n) is 7.44. The third kappa shape index (κ3) is 4.65. The Morgan fingerprint density at radius 3 is 2.44 bits per heavy atom. The Bertz CT molecular complexity index is 649. The van der Waals surface area contributed by atoms with E-state index in [9.17, 15) is 9.59 Å². The van der Waals surface area contributed by atoms with E-state index in [0.717, 1.165) is 18.4 Å². The van der Waals surface area contributed by atoms with E-state index in [1.807, 2.05) is 39.8 Å². The van der Waals surface area contributed by atoms with Gasteiger partial charge in [0.05, 0.1) is 6.04 Å². The SMILES string of the molecule is CCN(C(=O)OC(C)(C)C)C1CCc2ccc(OC(=O)N(C)C)cc21. The van der Waals surface area contributed by atoms with E-state index in [1.54, 1.807) is 25.1 Å². The summed E-state index contributed by atoms with van der Waals surface area (Å²) in [5, 5.41) is 0. The van der Waals surface area contributed by atoms with Gasteiger partial charge in [-0.2, -0.15) is 0 Å². The van der Waals surface area contributed by atoms with Gasteiger partial charge in [0.15, 0.2) is 0 Å². The van der Waals surface area contributed by atoms with Crippen molar-refractivity contribution >= 4 is 12.2 Å². The van der Waals surface area contributed by atoms with E-state index >= 15 is 0 Å². The van der Waals surface area contributed by atoms with E-state index in [4.69, 9.17) is 9.47 Å². The van der Waals surface area contributed by atoms with Gasteiger partial charge in [-0.25, -0.2) is 9.59 Å². The first-order chi connectivity index (χ1) is 11.6. The molecule has 0 aliphatic heterocycles. The summed E-state index contributed by atoms with van der Waals surface area (Å²) >= 11 is 0. The monoisotopic (exact) mass is 348 g/mol. The van der Waals surface area contributed by atoms with Crippen LogP contribution in [0.25, 0.3) is 0 Å². The Morgan fingerprint density at radius 2 is 1.88 bits per heavy atom. The average Bonchev–Trinajstić information content (AvgIpc) is 2.89. The normalized spacial score (nSPS) is 16.2. The van der Waals surface area contributed by atoms with E-state index in [1.165, 1.54) is 10.5 Å². The lowest BCUT2D eigenvalue weighted by atomic mass is 10.1. The van der Waals surface area contributed by atoms with Crippen molar-refractivity contribution in [3.05, 3.63) is 29.3 Å². The van der Waals surface area contributed by atoms with Crippen molar-refractivity contribution in [2.75, 3.05) is 20.6 Å². The molecular formula is C19H28N2O4. The molecule has 2 amide bonds. The minimum atomic E-state index is -0.533. The number of hydrogen-bond acceptors (Lipinski definition) is 4. The summed E-state index contributed by atoms with van der Waals surface area (Å²) in [6.45, 7) is 8.08. The molecule has 1 aliphatic carbocycles. The van der Waals surface area contributed by atoms with Crippen LogP contribution in [0.3, 0.4) is 0 Å². The molecule has 0 aromatic heterocycles. The van der Waals surface area contributed by atoms with Crippen LogP contribution in [0.5, 0.6) is 5.75 Å². The molecule has 0 fully saturated rings. The molecule has 1 aromatic carbocycles. The predicted octanol–water partition coefficient (Wildman–Crippen LogP) is 3.99. The maximum atomic E-state index is 12.6. The van der Waals surface area contributed by atoms with Crippen LogP contribution in [0.2, 0.25) is 0 Å². The zero-order valence-corrected chi connectivity index (χ0v) is 16.0. The van der Waals surface area contributed by atoms with Gasteiger partial charge in [-0.1, -0.05) is 6.07 Å². The highest BCUT2D eigenvalue weighted by atomic mass is 16.6. The smallest absolute Gasteiger partial charge is 0.414 e. The fourth-order valence-electron chi connectivity index (χ4n) is 2.94. The first-order valence-corrected chi connectivity index (χ1v) is 8.64. The first kappa shape index (κ1) is 19.1. The van der Waals surface area contributed by atoms with Gasteiger partial charge in [0.1, 0.15) is 11.4 Å². The predicted molar refractivity (Wildman–Crippen MR) is 95.8 cm³/mol. The second kappa shape index (κ2) is 7.33. The fraction of sp³-hybridized carbons (Fsp3) is 0.579. The van der Waals surface area contributed by atoms with Crippen LogP contribution >= 0.6 is 0 Å². The van der Waals surface area contributed by atoms with Gasteiger partial charge < -0.3 is 19.3 Å². The Kier molecular flexibility index (Phi) is 5.60. The van der Waals surface area contributed by atoms with Gasteiger partial charge >= 0.3 is 12.2 Å². The number of hydrogen-bond donors (Lipinski definition) is 0. The molecule has 138 valence electrons. The minimum Gasteiger partial charge on any atom is -0.444 e. The minimum absolute atomic E-state index is 0.0622. The zero-order chi connectivity index (χ0) is 18.8. The van der Waals surface area contributed by atoms with Crippen LogP contribution in [0.15, 0.2) is 18.2 Å². The number of nitrogens with zero attached hydrogens (tertiary/aromatic N) is 2. The van der Waals surface area contributed by atoms with Crippen molar-refractivity contribution in [3.63, 3.8) is 0 Å². The van der Waals surface area contributed by atoms with Crippen molar-refractivity contribution in [1.82, 2.24) is 9.80 Å². The van der Waals surface area contributed by atoms with E-state index in [0.29, 0.717) is 12.3 Å². The largest absolute Gasteiger partial charge is 0.444 e. The van der Waals surface area contributed by atoms with Crippen LogP contribution in [-0.2, 0) is 11.2 Å². The topological polar surface area (TPSA) is 59.1 Å². The Labute approximate surface area is 149 Å². The number of amides is 2. The number of fused-ring (bicyclic) bond motifs is 1. The molecule has 6 nitrogen and oxygen atoms in total. The Morgan fingerprint density at radius 1 is 1.20 bits per heavy atom. The van der Waals surface area contributed by atoms with Gasteiger partial charge in [0.2, 0.25) is 0 Å². The summed E-state index contributed by atoms with van der Waals surface area (Å²) in [6.07, 6.45) is 0.992. The van der Waals surface area contributed by atoms with Gasteiger partial charge in [-0.15, -0.1) is 0 Å². The lowest BCUT2D eigenvalue weighted by Gasteiger charge is -2.31. The molecular weight excluding hydrogens is 320 g/mol. The molecule has 6 heteroatoms. The molecule has 1 aliphatic rings. The van der Waals surface area contributed by atoms with Crippen LogP contribution in [0.1, 0.15) is 51.3 Å². The number of carbonyl (C=O) groups excluding carboxylic acids is 2. The van der Waals surface area contributed by atoms with Crippen LogP contribution in [0.4, 0.5) is 9.59 Å². The summed E-state index contributed by atoms with van der Waals surface area (Å²) in [4.78, 5) is 27.4. The number of benzene rings is 1. The maximum absolute atomic E-state index is 12.6. The van der Waals surface area contributed by atoms with E-state index in [-0.39, 0.29) is 12.1 Å². The fourth-order valence-corrected chi connectivity index (χ4v) is 2.94. The molecule has 0 radical (unpaired) electrons. The Balaban J connectivity index is 2.23. The van der Waals surface area contributed by atoms with Gasteiger partial charge in [0.25, 0.3) is 0 Å². The highest BCUT2D eigenvalue weighted by molar-refractivity contribution is 5.71. The highest BCUT2D eigenvalue weighted by Crippen LogP contribution is 2.38. The third-order valence-corrected chi connectivity index (χ3v) is 4.08. The van der Waals surface area contributed by atoms with Crippen molar-refractivity contribution in [2.45, 2.75) is 52.2 Å². The molecule has 0 saturated heterocycles. The summed E-state index contributed by atoms with van der Waals surface area (Å²) in [6, 6.07) is 5.57. The Hall–Kier alpha value is -2.24. The number of ether oxygens (including phenoxy) is 2. The number of carbonyl (C=O) groups is 2. The summed E-state index contributed by atoms with van der Waals surface area (Å²) in [5.74, 6) is 0.490. The summed E-state index contributed by atoms with van der Waals surface area (Å²) < 4.78 is 10.9. The molecule has 0 N–H and O–H groups in total. The van der Waals surface area contributed by atoms with Gasteiger partial charge in [-0.05, 0) is 63.8 Å². The lowest BCUT2D eigenvalue weighted by molar-refractivity contribution is 0.0170. The van der Waals surface area contributed by atoms with Crippen LogP contribution in [0, 0.1) is 0 Å². The van der Waals surface area contributed by atoms with E-state index < -0.39 is 11.7 Å². The lowest BCUT2D eigenvalue weighted by Crippen LogP contribution is -2.38. The molecule has 1 unspecified atom stereocenters. The second-order valence-corrected chi connectivity index (χ2v) is 7.44. The quantitative estimate of drug-likeness (QED) is 0.829. The van der Waals surface area contributed by atoms with Crippen LogP contribution < -0.4 is 4.74 Å². The molecule has 25 heavy (non-hydrogen) atoms. The zero-order valence-electron chi connectivity index (χ0n) is 16.0. The average molecular weight is 348 g/mol. The molecule has 2 rings (SSSR count). The number of rotatable bonds is 3. The summed E-state index contributed by atoms with van der Waals surface area (Å²) in [7, 11) is 3.28. The molecule has 0 spiro atoms. The van der Waals surface area contributed by atoms with Crippen LogP contribution in [-0.4, -0.2) is 48.2 Å². The first-order valence-electron chi connectivity index (χ1n) is 8.64. The molecule has 1 atom stereocenters. The highest BCUT2D eigenvalue weighted by Gasteiger charge is 2.33. The van der Waals surface area contributed by atoms with E-state index in [2.05, 4.69) is 0 Å². The van der Waals surface area contributed by atoms with Crippen molar-refractivity contribution < 1.29 is 19.1 Å². The van der Waals surface area contributed by atoms with Crippen molar-refractivity contribution in [1.29, 1.82) is 0 Å².